The quantitative estimate of drug-likeness (QED) is 0.467. The third-order valence-corrected chi connectivity index (χ3v) is 9.44. The standard InChI is InChI=1S/C26H34BrN/c1-15(2)22-23(3,4)18-12-16(20-11-10-17(27)14-28-20)13-19-21(18)26(22,9)25(7,8)24(19,5)6/h10-15,22H,1-9H3. The molecule has 150 valence electrons. The number of hydrogen-bond acceptors (Lipinski definition) is 1. The normalized spacial score (nSPS) is 28.6. The zero-order valence-electron chi connectivity index (χ0n) is 18.9. The summed E-state index contributed by atoms with van der Waals surface area (Å²) in [5.74, 6) is 1.24. The van der Waals surface area contributed by atoms with E-state index in [1.165, 1.54) is 11.1 Å². The van der Waals surface area contributed by atoms with Crippen molar-refractivity contribution in [2.24, 2.45) is 17.3 Å². The van der Waals surface area contributed by atoms with Gasteiger partial charge in [0.15, 0.2) is 0 Å². The lowest BCUT2D eigenvalue weighted by Gasteiger charge is -2.52. The number of nitrogens with zero attached hydrogens (tertiary/aromatic N) is 1. The van der Waals surface area contributed by atoms with Crippen molar-refractivity contribution in [3.05, 3.63) is 51.6 Å². The molecule has 0 amide bonds. The van der Waals surface area contributed by atoms with Crippen molar-refractivity contribution in [3.63, 3.8) is 0 Å². The van der Waals surface area contributed by atoms with E-state index >= 15 is 0 Å². The number of pyridine rings is 1. The van der Waals surface area contributed by atoms with Crippen LogP contribution in [0.15, 0.2) is 34.9 Å². The summed E-state index contributed by atoms with van der Waals surface area (Å²) >= 11 is 3.52. The van der Waals surface area contributed by atoms with Crippen molar-refractivity contribution in [2.75, 3.05) is 0 Å². The second kappa shape index (κ2) is 5.72. The van der Waals surface area contributed by atoms with E-state index in [-0.39, 0.29) is 21.7 Å². The first-order chi connectivity index (χ1) is 12.8. The van der Waals surface area contributed by atoms with Crippen LogP contribution in [-0.4, -0.2) is 4.98 Å². The smallest absolute Gasteiger partial charge is 0.0703 e. The molecule has 0 saturated carbocycles. The second-order valence-electron chi connectivity index (χ2n) is 11.2. The van der Waals surface area contributed by atoms with Gasteiger partial charge >= 0.3 is 0 Å². The Balaban J connectivity index is 2.09. The Kier molecular flexibility index (Phi) is 4.11. The van der Waals surface area contributed by atoms with Crippen LogP contribution in [0, 0.1) is 17.3 Å². The molecule has 0 saturated heterocycles. The molecule has 2 heteroatoms. The molecule has 2 aromatic rings. The zero-order valence-corrected chi connectivity index (χ0v) is 20.5. The number of hydrogen-bond donors (Lipinski definition) is 0. The molecule has 1 aromatic carbocycles. The molecule has 0 radical (unpaired) electrons. The highest BCUT2D eigenvalue weighted by molar-refractivity contribution is 9.10. The monoisotopic (exact) mass is 439 g/mol. The summed E-state index contributed by atoms with van der Waals surface area (Å²) in [5.41, 5.74) is 7.63. The molecule has 0 bridgehead atoms. The minimum atomic E-state index is 0.112. The summed E-state index contributed by atoms with van der Waals surface area (Å²) in [6, 6.07) is 9.12. The van der Waals surface area contributed by atoms with Crippen molar-refractivity contribution in [1.29, 1.82) is 0 Å². The maximum atomic E-state index is 4.72. The molecule has 28 heavy (non-hydrogen) atoms. The Morgan fingerprint density at radius 1 is 0.929 bits per heavy atom. The van der Waals surface area contributed by atoms with Crippen molar-refractivity contribution in [2.45, 2.75) is 78.6 Å². The fourth-order valence-corrected chi connectivity index (χ4v) is 7.36. The highest BCUT2D eigenvalue weighted by atomic mass is 79.9. The first kappa shape index (κ1) is 20.1. The van der Waals surface area contributed by atoms with Gasteiger partial charge in [-0.25, -0.2) is 0 Å². The Morgan fingerprint density at radius 2 is 1.54 bits per heavy atom. The lowest BCUT2D eigenvalue weighted by molar-refractivity contribution is 0.0225. The predicted molar refractivity (Wildman–Crippen MR) is 123 cm³/mol. The third-order valence-electron chi connectivity index (χ3n) is 8.98. The van der Waals surface area contributed by atoms with E-state index < -0.39 is 0 Å². The van der Waals surface area contributed by atoms with Gasteiger partial charge < -0.3 is 0 Å². The highest BCUT2D eigenvalue weighted by Crippen LogP contribution is 2.73. The van der Waals surface area contributed by atoms with Gasteiger partial charge in [0.1, 0.15) is 0 Å². The molecule has 0 aliphatic heterocycles. The topological polar surface area (TPSA) is 12.9 Å². The first-order valence-electron chi connectivity index (χ1n) is 10.6. The maximum Gasteiger partial charge on any atom is 0.0703 e. The Hall–Kier alpha value is -1.15. The molecule has 0 N–H and O–H groups in total. The fraction of sp³-hybridized carbons (Fsp3) is 0.577. The molecule has 1 aromatic heterocycles. The van der Waals surface area contributed by atoms with Crippen LogP contribution in [0.1, 0.15) is 79.0 Å². The molecule has 4 rings (SSSR count). The van der Waals surface area contributed by atoms with E-state index in [1.54, 1.807) is 11.1 Å². The van der Waals surface area contributed by atoms with Crippen molar-refractivity contribution in [3.8, 4) is 11.3 Å². The van der Waals surface area contributed by atoms with E-state index in [0.717, 1.165) is 10.2 Å². The van der Waals surface area contributed by atoms with E-state index in [9.17, 15) is 0 Å². The Morgan fingerprint density at radius 3 is 2.07 bits per heavy atom. The van der Waals surface area contributed by atoms with Gasteiger partial charge in [-0.1, -0.05) is 62.3 Å². The fourth-order valence-electron chi connectivity index (χ4n) is 7.13. The van der Waals surface area contributed by atoms with Crippen molar-refractivity contribution in [1.82, 2.24) is 4.98 Å². The van der Waals surface area contributed by atoms with E-state index in [0.29, 0.717) is 11.8 Å². The Labute approximate surface area is 179 Å². The number of rotatable bonds is 2. The highest BCUT2D eigenvalue weighted by Gasteiger charge is 2.69. The number of aromatic nitrogens is 1. The van der Waals surface area contributed by atoms with Crippen LogP contribution in [0.25, 0.3) is 11.3 Å². The summed E-state index contributed by atoms with van der Waals surface area (Å²) in [4.78, 5) is 4.72. The molecule has 0 fully saturated rings. The van der Waals surface area contributed by atoms with E-state index in [1.807, 2.05) is 6.20 Å². The number of benzene rings is 1. The van der Waals surface area contributed by atoms with Gasteiger partial charge in [-0.15, -0.1) is 0 Å². The minimum absolute atomic E-state index is 0.112. The molecular weight excluding hydrogens is 406 g/mol. The number of halogens is 1. The molecule has 2 aliphatic carbocycles. The summed E-state index contributed by atoms with van der Waals surface area (Å²) in [6.45, 7) is 22.3. The van der Waals surface area contributed by atoms with Crippen molar-refractivity contribution < 1.29 is 0 Å². The summed E-state index contributed by atoms with van der Waals surface area (Å²) in [6.07, 6.45) is 1.91. The van der Waals surface area contributed by atoms with E-state index in [4.69, 9.17) is 4.98 Å². The van der Waals surface area contributed by atoms with Crippen LogP contribution >= 0.6 is 15.9 Å². The van der Waals surface area contributed by atoms with Crippen LogP contribution in [0.4, 0.5) is 0 Å². The molecule has 1 nitrogen and oxygen atoms in total. The molecule has 2 aliphatic rings. The van der Waals surface area contributed by atoms with Crippen molar-refractivity contribution >= 4 is 15.9 Å². The minimum Gasteiger partial charge on any atom is -0.255 e. The molecule has 1 heterocycles. The SMILES string of the molecule is CC(C)C1C(C)(C)c2cc(-c3ccc(Br)cn3)cc3c2C1(C)C(C)(C)C3(C)C. The van der Waals surface area contributed by atoms with Crippen LogP contribution in [-0.2, 0) is 16.2 Å². The van der Waals surface area contributed by atoms with Crippen LogP contribution < -0.4 is 0 Å². The largest absolute Gasteiger partial charge is 0.255 e. The zero-order chi connectivity index (χ0) is 20.9. The van der Waals surface area contributed by atoms with Gasteiger partial charge in [-0.2, -0.15) is 0 Å². The Bertz CT molecular complexity index is 949. The van der Waals surface area contributed by atoms with Crippen LogP contribution in [0.5, 0.6) is 0 Å². The molecule has 2 unspecified atom stereocenters. The van der Waals surface area contributed by atoms with Gasteiger partial charge in [0.2, 0.25) is 0 Å². The average molecular weight is 440 g/mol. The lowest BCUT2D eigenvalue weighted by Crippen LogP contribution is -2.51. The second-order valence-corrected chi connectivity index (χ2v) is 12.1. The molecule has 2 atom stereocenters. The van der Waals surface area contributed by atoms with Gasteiger partial charge in [-0.05, 0) is 85.0 Å². The molecule has 0 spiro atoms. The molecular formula is C26H34BrN. The summed E-state index contributed by atoms with van der Waals surface area (Å²) in [5, 5.41) is 0. The van der Waals surface area contributed by atoms with Gasteiger partial charge in [0.25, 0.3) is 0 Å². The average Bonchev–Trinajstić information content (AvgIpc) is 2.84. The van der Waals surface area contributed by atoms with E-state index in [2.05, 4.69) is 103 Å². The predicted octanol–water partition coefficient (Wildman–Crippen LogP) is 7.65. The maximum absolute atomic E-state index is 4.72. The van der Waals surface area contributed by atoms with Crippen LogP contribution in [0.3, 0.4) is 0 Å². The van der Waals surface area contributed by atoms with Gasteiger partial charge in [-0.3, -0.25) is 4.98 Å². The summed E-state index contributed by atoms with van der Waals surface area (Å²) < 4.78 is 1.02. The van der Waals surface area contributed by atoms with Gasteiger partial charge in [0, 0.05) is 21.6 Å². The lowest BCUT2D eigenvalue weighted by atomic mass is 9.51. The van der Waals surface area contributed by atoms with Gasteiger partial charge in [0.05, 0.1) is 5.69 Å². The third kappa shape index (κ3) is 2.16. The van der Waals surface area contributed by atoms with Crippen LogP contribution in [0.2, 0.25) is 0 Å². The summed E-state index contributed by atoms with van der Waals surface area (Å²) in [7, 11) is 0. The first-order valence-corrected chi connectivity index (χ1v) is 11.4.